The molecule has 1 amide bonds. The van der Waals surface area contributed by atoms with Crippen LogP contribution in [0.25, 0.3) is 10.9 Å². The van der Waals surface area contributed by atoms with E-state index in [4.69, 9.17) is 0 Å². The number of phenols is 1. The van der Waals surface area contributed by atoms with Crippen LogP contribution in [0, 0.1) is 5.82 Å². The van der Waals surface area contributed by atoms with E-state index in [2.05, 4.69) is 15.5 Å². The van der Waals surface area contributed by atoms with Gasteiger partial charge in [-0.05, 0) is 6.07 Å². The molecule has 9 nitrogen and oxygen atoms in total. The van der Waals surface area contributed by atoms with Crippen molar-refractivity contribution < 1.29 is 31.5 Å². The van der Waals surface area contributed by atoms with Gasteiger partial charge in [0.25, 0.3) is 12.3 Å². The smallest absolute Gasteiger partial charge is 0.326 e. The van der Waals surface area contributed by atoms with Crippen LogP contribution in [-0.4, -0.2) is 49.1 Å². The highest BCUT2D eigenvalue weighted by Crippen LogP contribution is 2.37. The van der Waals surface area contributed by atoms with E-state index in [-0.39, 0.29) is 16.7 Å². The van der Waals surface area contributed by atoms with Gasteiger partial charge >= 0.3 is 10.2 Å². The Kier molecular flexibility index (Phi) is 4.02. The molecule has 13 heteroatoms. The monoisotopic (exact) mass is 377 g/mol. The van der Waals surface area contributed by atoms with Crippen molar-refractivity contribution in [3.8, 4) is 5.75 Å². The number of anilines is 2. The minimum absolute atomic E-state index is 0.128. The maximum absolute atomic E-state index is 14.8. The first-order chi connectivity index (χ1) is 11.7. The van der Waals surface area contributed by atoms with Crippen molar-refractivity contribution in [1.82, 2.24) is 14.9 Å². The summed E-state index contributed by atoms with van der Waals surface area (Å²) in [5.41, 5.74) is -0.879. The number of halogens is 3. The predicted octanol–water partition coefficient (Wildman–Crippen LogP) is 0.332. The van der Waals surface area contributed by atoms with Gasteiger partial charge in [-0.25, -0.2) is 22.2 Å². The van der Waals surface area contributed by atoms with Gasteiger partial charge in [0.05, 0.1) is 12.1 Å². The molecule has 0 radical (unpaired) electrons. The Morgan fingerprint density at radius 2 is 2.08 bits per heavy atom. The molecule has 0 bridgehead atoms. The van der Waals surface area contributed by atoms with Crippen molar-refractivity contribution in [2.75, 3.05) is 22.7 Å². The van der Waals surface area contributed by atoms with Crippen molar-refractivity contribution in [1.29, 1.82) is 0 Å². The first kappa shape index (κ1) is 17.0. The number of alkyl halides is 2. The molecule has 0 aliphatic carbocycles. The summed E-state index contributed by atoms with van der Waals surface area (Å²) in [6, 6.07) is 2.00. The Morgan fingerprint density at radius 1 is 1.36 bits per heavy atom. The second-order valence-corrected chi connectivity index (χ2v) is 6.62. The lowest BCUT2D eigenvalue weighted by Gasteiger charge is -2.18. The molecule has 2 heterocycles. The van der Waals surface area contributed by atoms with Crippen LogP contribution in [0.1, 0.15) is 0 Å². The van der Waals surface area contributed by atoms with Gasteiger partial charge in [0.1, 0.15) is 23.8 Å². The molecule has 0 spiro atoms. The second kappa shape index (κ2) is 5.91. The molecule has 1 aromatic carbocycles. The summed E-state index contributed by atoms with van der Waals surface area (Å²) in [5, 5.41) is 19.1. The fraction of sp³-hybridized carbons (Fsp3) is 0.250. The van der Waals surface area contributed by atoms with Gasteiger partial charge in [-0.3, -0.25) is 4.79 Å². The van der Waals surface area contributed by atoms with Crippen molar-refractivity contribution in [3.63, 3.8) is 0 Å². The number of amides is 1. The minimum atomic E-state index is -4.35. The molecule has 1 aliphatic rings. The number of fused-ring (bicyclic) bond motifs is 1. The number of carbonyl (C=O) groups excluding carboxylic acids is 1. The molecule has 25 heavy (non-hydrogen) atoms. The summed E-state index contributed by atoms with van der Waals surface area (Å²) >= 11 is 0. The van der Waals surface area contributed by atoms with E-state index in [0.717, 1.165) is 12.1 Å². The van der Waals surface area contributed by atoms with Gasteiger partial charge in [-0.2, -0.15) is 8.42 Å². The van der Waals surface area contributed by atoms with Crippen LogP contribution < -0.4 is 14.3 Å². The van der Waals surface area contributed by atoms with Gasteiger partial charge in [0.15, 0.2) is 5.82 Å². The number of nitrogens with one attached hydrogen (secondary N) is 2. The highest BCUT2D eigenvalue weighted by molar-refractivity contribution is 7.92. The van der Waals surface area contributed by atoms with Crippen molar-refractivity contribution in [2.45, 2.75) is 6.43 Å². The summed E-state index contributed by atoms with van der Waals surface area (Å²) in [6.45, 7) is -1.46. The van der Waals surface area contributed by atoms with Crippen LogP contribution in [0.5, 0.6) is 5.75 Å². The summed E-state index contributed by atoms with van der Waals surface area (Å²) in [7, 11) is -4.35. The third-order valence-corrected chi connectivity index (χ3v) is 4.67. The van der Waals surface area contributed by atoms with E-state index in [1.807, 2.05) is 0 Å². The topological polar surface area (TPSA) is 125 Å². The molecule has 0 unspecified atom stereocenters. The number of hydrogen-bond donors (Lipinski definition) is 3. The molecule has 3 N–H and O–H groups in total. The number of nitrogens with zero attached hydrogens (tertiary/aromatic N) is 3. The van der Waals surface area contributed by atoms with Crippen LogP contribution in [0.15, 0.2) is 12.1 Å². The van der Waals surface area contributed by atoms with Crippen molar-refractivity contribution in [2.24, 2.45) is 0 Å². The Hall–Kier alpha value is -2.83. The molecular formula is C12H10F3N5O4S. The molecule has 1 fully saturated rings. The zero-order chi connectivity index (χ0) is 18.4. The first-order valence-electron chi connectivity index (χ1n) is 6.73. The molecule has 0 saturated carbocycles. The van der Waals surface area contributed by atoms with E-state index >= 15 is 0 Å². The number of phenolic OH excluding ortho intramolecular Hbond substituents is 1. The summed E-state index contributed by atoms with van der Waals surface area (Å²) in [6.07, 6.45) is -2.68. The van der Waals surface area contributed by atoms with Gasteiger partial charge in [0, 0.05) is 11.5 Å². The molecule has 134 valence electrons. The van der Waals surface area contributed by atoms with Gasteiger partial charge in [-0.15, -0.1) is 10.2 Å². The maximum atomic E-state index is 14.8. The number of aromatic hydroxyl groups is 1. The normalized spacial score (nSPS) is 16.5. The SMILES string of the molecule is O=C1CN(c2c(O)cc3nnc(NCC(F)F)cc3c2F)S(=O)(=O)N1. The Balaban J connectivity index is 2.12. The third-order valence-electron chi connectivity index (χ3n) is 3.29. The zero-order valence-corrected chi connectivity index (χ0v) is 13.0. The molecule has 1 aromatic heterocycles. The average Bonchev–Trinajstić information content (AvgIpc) is 2.78. The molecule has 0 atom stereocenters. The summed E-state index contributed by atoms with van der Waals surface area (Å²) in [4.78, 5) is 11.3. The van der Waals surface area contributed by atoms with E-state index in [9.17, 15) is 31.5 Å². The summed E-state index contributed by atoms with van der Waals surface area (Å²) in [5.74, 6) is -3.02. The standard InChI is InChI=1S/C12H10F3N5O4S/c13-8(14)3-16-9-1-5-6(17-18-9)2-7(21)12(11(5)15)20-4-10(22)19-25(20,23)24/h1-2,8,21H,3-4H2,(H,16,18)(H,19,22). The molecule has 1 aliphatic heterocycles. The Bertz CT molecular complexity index is 969. The number of rotatable bonds is 4. The van der Waals surface area contributed by atoms with Crippen LogP contribution in [-0.2, 0) is 15.0 Å². The Morgan fingerprint density at radius 3 is 2.68 bits per heavy atom. The number of benzene rings is 1. The van der Waals surface area contributed by atoms with Crippen LogP contribution >= 0.6 is 0 Å². The lowest BCUT2D eigenvalue weighted by Crippen LogP contribution is -2.30. The number of hydrogen-bond acceptors (Lipinski definition) is 7. The average molecular weight is 377 g/mol. The van der Waals surface area contributed by atoms with Crippen LogP contribution in [0.4, 0.5) is 24.7 Å². The van der Waals surface area contributed by atoms with E-state index in [1.165, 1.54) is 0 Å². The molecule has 1 saturated heterocycles. The number of carbonyl (C=O) groups is 1. The second-order valence-electron chi connectivity index (χ2n) is 5.03. The van der Waals surface area contributed by atoms with Gasteiger partial charge in [-0.1, -0.05) is 0 Å². The highest BCUT2D eigenvalue weighted by Gasteiger charge is 2.38. The van der Waals surface area contributed by atoms with E-state index in [1.54, 1.807) is 4.72 Å². The quantitative estimate of drug-likeness (QED) is 0.701. The fourth-order valence-corrected chi connectivity index (χ4v) is 3.44. The number of aromatic nitrogens is 2. The summed E-state index contributed by atoms with van der Waals surface area (Å²) < 4.78 is 64.9. The van der Waals surface area contributed by atoms with Gasteiger partial charge in [0.2, 0.25) is 0 Å². The highest BCUT2D eigenvalue weighted by atomic mass is 32.2. The zero-order valence-electron chi connectivity index (χ0n) is 12.2. The Labute approximate surface area is 138 Å². The van der Waals surface area contributed by atoms with E-state index in [0.29, 0.717) is 4.31 Å². The van der Waals surface area contributed by atoms with Crippen molar-refractivity contribution in [3.05, 3.63) is 17.9 Å². The van der Waals surface area contributed by atoms with Crippen molar-refractivity contribution >= 4 is 38.5 Å². The lowest BCUT2D eigenvalue weighted by atomic mass is 10.1. The molecular weight excluding hydrogens is 367 g/mol. The van der Waals surface area contributed by atoms with Gasteiger partial charge < -0.3 is 10.4 Å². The largest absolute Gasteiger partial charge is 0.506 e. The van der Waals surface area contributed by atoms with E-state index < -0.39 is 52.9 Å². The third kappa shape index (κ3) is 3.09. The predicted molar refractivity (Wildman–Crippen MR) is 80.1 cm³/mol. The maximum Gasteiger partial charge on any atom is 0.326 e. The first-order valence-corrected chi connectivity index (χ1v) is 8.17. The lowest BCUT2D eigenvalue weighted by molar-refractivity contribution is -0.117. The van der Waals surface area contributed by atoms with Crippen LogP contribution in [0.2, 0.25) is 0 Å². The molecule has 3 rings (SSSR count). The molecule has 2 aromatic rings. The fourth-order valence-electron chi connectivity index (χ4n) is 2.27. The minimum Gasteiger partial charge on any atom is -0.506 e. The van der Waals surface area contributed by atoms with Crippen LogP contribution in [0.3, 0.4) is 0 Å².